The Morgan fingerprint density at radius 2 is 2.31 bits per heavy atom. The quantitative estimate of drug-likeness (QED) is 0.844. The van der Waals surface area contributed by atoms with Gasteiger partial charge in [-0.2, -0.15) is 0 Å². The van der Waals surface area contributed by atoms with Gasteiger partial charge in [-0.3, -0.25) is 0 Å². The van der Waals surface area contributed by atoms with E-state index in [4.69, 9.17) is 10.5 Å². The van der Waals surface area contributed by atoms with E-state index >= 15 is 0 Å². The van der Waals surface area contributed by atoms with Crippen molar-refractivity contribution < 1.29 is 4.74 Å². The van der Waals surface area contributed by atoms with Crippen molar-refractivity contribution >= 4 is 5.69 Å². The summed E-state index contributed by atoms with van der Waals surface area (Å²) in [6.45, 7) is 5.08. The van der Waals surface area contributed by atoms with Crippen molar-refractivity contribution in [3.63, 3.8) is 0 Å². The van der Waals surface area contributed by atoms with Crippen LogP contribution in [0.4, 0.5) is 5.69 Å². The summed E-state index contributed by atoms with van der Waals surface area (Å²) < 4.78 is 5.27. The van der Waals surface area contributed by atoms with Crippen molar-refractivity contribution in [2.45, 2.75) is 13.3 Å². The summed E-state index contributed by atoms with van der Waals surface area (Å²) in [5, 5.41) is 0. The zero-order valence-electron chi connectivity index (χ0n) is 10.1. The lowest BCUT2D eigenvalue weighted by atomic mass is 10.1. The minimum atomic E-state index is 0.655. The number of hydrogen-bond donors (Lipinski definition) is 1. The van der Waals surface area contributed by atoms with E-state index in [0.29, 0.717) is 5.92 Å². The lowest BCUT2D eigenvalue weighted by Gasteiger charge is -2.19. The largest absolute Gasteiger partial charge is 0.496 e. The van der Waals surface area contributed by atoms with Crippen LogP contribution >= 0.6 is 0 Å². The molecule has 16 heavy (non-hydrogen) atoms. The van der Waals surface area contributed by atoms with Crippen molar-refractivity contribution in [1.29, 1.82) is 0 Å². The Morgan fingerprint density at radius 1 is 1.50 bits per heavy atom. The summed E-state index contributed by atoms with van der Waals surface area (Å²) in [6.07, 6.45) is 1.21. The van der Waals surface area contributed by atoms with Crippen LogP contribution in [0, 0.1) is 12.8 Å². The van der Waals surface area contributed by atoms with Crippen molar-refractivity contribution in [2.24, 2.45) is 11.7 Å². The fraction of sp³-hybridized carbons (Fsp3) is 0.538. The second-order valence-electron chi connectivity index (χ2n) is 4.49. The van der Waals surface area contributed by atoms with Gasteiger partial charge in [0.15, 0.2) is 0 Å². The van der Waals surface area contributed by atoms with Crippen LogP contribution in [0.3, 0.4) is 0 Å². The average Bonchev–Trinajstić information content (AvgIpc) is 2.77. The van der Waals surface area contributed by atoms with E-state index < -0.39 is 0 Å². The third-order valence-corrected chi connectivity index (χ3v) is 3.36. The predicted octanol–water partition coefficient (Wildman–Crippen LogP) is 1.79. The molecular weight excluding hydrogens is 200 g/mol. The fourth-order valence-electron chi connectivity index (χ4n) is 2.32. The molecule has 0 radical (unpaired) electrons. The van der Waals surface area contributed by atoms with Crippen LogP contribution in [0.1, 0.15) is 12.0 Å². The third kappa shape index (κ3) is 2.14. The standard InChI is InChI=1S/C13H20N2O/c1-10-7-12(3-4-13(10)16-2)15-6-5-11(8-14)9-15/h3-4,7,11H,5-6,8-9,14H2,1-2H3. The number of aryl methyl sites for hydroxylation is 1. The van der Waals surface area contributed by atoms with Crippen LogP contribution in [0.2, 0.25) is 0 Å². The topological polar surface area (TPSA) is 38.5 Å². The summed E-state index contributed by atoms with van der Waals surface area (Å²) in [5.41, 5.74) is 8.18. The Kier molecular flexibility index (Phi) is 3.34. The van der Waals surface area contributed by atoms with Gasteiger partial charge in [-0.05, 0) is 49.6 Å². The summed E-state index contributed by atoms with van der Waals surface area (Å²) in [7, 11) is 1.71. The molecule has 0 aromatic heterocycles. The maximum absolute atomic E-state index is 5.70. The van der Waals surface area contributed by atoms with Gasteiger partial charge < -0.3 is 15.4 Å². The highest BCUT2D eigenvalue weighted by Crippen LogP contribution is 2.27. The SMILES string of the molecule is COc1ccc(N2CCC(CN)C2)cc1C. The number of rotatable bonds is 3. The van der Waals surface area contributed by atoms with Gasteiger partial charge in [0.1, 0.15) is 5.75 Å². The molecule has 1 fully saturated rings. The molecule has 1 aromatic rings. The molecule has 88 valence electrons. The normalized spacial score (nSPS) is 20.2. The Bertz CT molecular complexity index is 365. The molecule has 2 rings (SSSR count). The molecule has 0 aliphatic carbocycles. The van der Waals surface area contributed by atoms with Crippen molar-refractivity contribution in [2.75, 3.05) is 31.6 Å². The van der Waals surface area contributed by atoms with Crippen molar-refractivity contribution in [3.05, 3.63) is 23.8 Å². The molecular formula is C13H20N2O. The van der Waals surface area contributed by atoms with Gasteiger partial charge in [0.05, 0.1) is 7.11 Å². The molecule has 0 saturated carbocycles. The predicted molar refractivity (Wildman–Crippen MR) is 67.1 cm³/mol. The number of methoxy groups -OCH3 is 1. The first-order valence-electron chi connectivity index (χ1n) is 5.84. The monoisotopic (exact) mass is 220 g/mol. The lowest BCUT2D eigenvalue weighted by molar-refractivity contribution is 0.411. The maximum Gasteiger partial charge on any atom is 0.121 e. The van der Waals surface area contributed by atoms with Crippen LogP contribution in [0.15, 0.2) is 18.2 Å². The molecule has 1 aromatic carbocycles. The van der Waals surface area contributed by atoms with E-state index in [1.807, 2.05) is 6.07 Å². The molecule has 1 aliphatic heterocycles. The van der Waals surface area contributed by atoms with Crippen LogP contribution in [-0.2, 0) is 0 Å². The first-order chi connectivity index (χ1) is 7.74. The Labute approximate surface area is 97.2 Å². The first-order valence-corrected chi connectivity index (χ1v) is 5.84. The van der Waals surface area contributed by atoms with E-state index in [0.717, 1.165) is 25.4 Å². The highest BCUT2D eigenvalue weighted by Gasteiger charge is 2.21. The van der Waals surface area contributed by atoms with Crippen molar-refractivity contribution in [1.82, 2.24) is 0 Å². The summed E-state index contributed by atoms with van der Waals surface area (Å²) in [5.74, 6) is 1.61. The number of benzene rings is 1. The molecule has 1 saturated heterocycles. The average molecular weight is 220 g/mol. The van der Waals surface area contributed by atoms with Gasteiger partial charge in [-0.25, -0.2) is 0 Å². The zero-order valence-corrected chi connectivity index (χ0v) is 10.1. The Hall–Kier alpha value is -1.22. The van der Waals surface area contributed by atoms with E-state index in [-0.39, 0.29) is 0 Å². The maximum atomic E-state index is 5.70. The second kappa shape index (κ2) is 4.74. The molecule has 3 nitrogen and oxygen atoms in total. The number of hydrogen-bond acceptors (Lipinski definition) is 3. The van der Waals surface area contributed by atoms with Gasteiger partial charge in [0.25, 0.3) is 0 Å². The number of anilines is 1. The number of ether oxygens (including phenoxy) is 1. The summed E-state index contributed by atoms with van der Waals surface area (Å²) in [6, 6.07) is 6.36. The third-order valence-electron chi connectivity index (χ3n) is 3.36. The molecule has 0 bridgehead atoms. The highest BCUT2D eigenvalue weighted by molar-refractivity contribution is 5.53. The molecule has 1 unspecified atom stereocenters. The van der Waals surface area contributed by atoms with E-state index in [1.165, 1.54) is 17.7 Å². The first kappa shape index (κ1) is 11.3. The van der Waals surface area contributed by atoms with Gasteiger partial charge >= 0.3 is 0 Å². The highest BCUT2D eigenvalue weighted by atomic mass is 16.5. The van der Waals surface area contributed by atoms with Crippen LogP contribution in [-0.4, -0.2) is 26.7 Å². The molecule has 0 spiro atoms. The van der Waals surface area contributed by atoms with E-state index in [9.17, 15) is 0 Å². The molecule has 1 heterocycles. The summed E-state index contributed by atoms with van der Waals surface area (Å²) in [4.78, 5) is 2.41. The minimum absolute atomic E-state index is 0.655. The zero-order chi connectivity index (χ0) is 11.5. The number of nitrogens with zero attached hydrogens (tertiary/aromatic N) is 1. The Balaban J connectivity index is 2.13. The van der Waals surface area contributed by atoms with E-state index in [2.05, 4.69) is 24.0 Å². The second-order valence-corrected chi connectivity index (χ2v) is 4.49. The molecule has 3 heteroatoms. The van der Waals surface area contributed by atoms with Crippen LogP contribution in [0.25, 0.3) is 0 Å². The van der Waals surface area contributed by atoms with Crippen molar-refractivity contribution in [3.8, 4) is 5.75 Å². The van der Waals surface area contributed by atoms with Crippen LogP contribution < -0.4 is 15.4 Å². The van der Waals surface area contributed by atoms with Gasteiger partial charge in [-0.15, -0.1) is 0 Å². The van der Waals surface area contributed by atoms with Crippen LogP contribution in [0.5, 0.6) is 5.75 Å². The van der Waals surface area contributed by atoms with Gasteiger partial charge in [0, 0.05) is 18.8 Å². The molecule has 0 amide bonds. The van der Waals surface area contributed by atoms with Gasteiger partial charge in [0.2, 0.25) is 0 Å². The summed E-state index contributed by atoms with van der Waals surface area (Å²) >= 11 is 0. The molecule has 1 atom stereocenters. The molecule has 1 aliphatic rings. The fourth-order valence-corrected chi connectivity index (χ4v) is 2.32. The lowest BCUT2D eigenvalue weighted by Crippen LogP contribution is -2.22. The smallest absolute Gasteiger partial charge is 0.121 e. The van der Waals surface area contributed by atoms with Gasteiger partial charge in [-0.1, -0.05) is 0 Å². The minimum Gasteiger partial charge on any atom is -0.496 e. The number of nitrogens with two attached hydrogens (primary N) is 1. The van der Waals surface area contributed by atoms with E-state index in [1.54, 1.807) is 7.11 Å². The Morgan fingerprint density at radius 3 is 2.88 bits per heavy atom. The molecule has 2 N–H and O–H groups in total.